The van der Waals surface area contributed by atoms with Crippen LogP contribution in [0.5, 0.6) is 0 Å². The van der Waals surface area contributed by atoms with Gasteiger partial charge in [-0.25, -0.2) is 0 Å². The molecule has 0 aromatic heterocycles. The third-order valence-electron chi connectivity index (χ3n) is 5.45. The predicted molar refractivity (Wildman–Crippen MR) is 125 cm³/mol. The van der Waals surface area contributed by atoms with Crippen LogP contribution in [0.3, 0.4) is 0 Å². The van der Waals surface area contributed by atoms with Crippen molar-refractivity contribution in [3.8, 4) is 6.07 Å². The van der Waals surface area contributed by atoms with Gasteiger partial charge in [0.15, 0.2) is 0 Å². The second-order valence-corrected chi connectivity index (χ2v) is 8.82. The lowest BCUT2D eigenvalue weighted by molar-refractivity contribution is -0.119. The molecule has 1 aliphatic heterocycles. The molecular formula is C24H28N4O2S. The number of rotatable bonds is 7. The van der Waals surface area contributed by atoms with Gasteiger partial charge in [-0.2, -0.15) is 5.26 Å². The molecule has 1 unspecified atom stereocenters. The Morgan fingerprint density at radius 3 is 2.45 bits per heavy atom. The summed E-state index contributed by atoms with van der Waals surface area (Å²) in [6.07, 6.45) is 0. The summed E-state index contributed by atoms with van der Waals surface area (Å²) in [6, 6.07) is 16.4. The molecule has 31 heavy (non-hydrogen) atoms. The average Bonchev–Trinajstić information content (AvgIpc) is 3.28. The van der Waals surface area contributed by atoms with E-state index in [9.17, 15) is 9.59 Å². The van der Waals surface area contributed by atoms with Gasteiger partial charge in [0.05, 0.1) is 17.5 Å². The quantitative estimate of drug-likeness (QED) is 0.711. The van der Waals surface area contributed by atoms with Gasteiger partial charge in [-0.05, 0) is 62.4 Å². The van der Waals surface area contributed by atoms with E-state index in [-0.39, 0.29) is 11.8 Å². The molecule has 6 nitrogen and oxygen atoms in total. The van der Waals surface area contributed by atoms with Crippen molar-refractivity contribution in [2.24, 2.45) is 0 Å². The zero-order chi connectivity index (χ0) is 22.4. The van der Waals surface area contributed by atoms with E-state index in [4.69, 9.17) is 5.26 Å². The van der Waals surface area contributed by atoms with Gasteiger partial charge in [-0.15, -0.1) is 11.8 Å². The molecule has 162 valence electrons. The minimum atomic E-state index is -0.524. The fraction of sp³-hybridized carbons (Fsp3) is 0.375. The number of benzene rings is 2. The Kier molecular flexibility index (Phi) is 7.72. The molecule has 2 aromatic carbocycles. The zero-order valence-electron chi connectivity index (χ0n) is 18.2. The predicted octanol–water partition coefficient (Wildman–Crippen LogP) is 3.94. The fourth-order valence-electron chi connectivity index (χ4n) is 3.53. The molecule has 0 bridgehead atoms. The molecule has 1 fully saturated rings. The largest absolute Gasteiger partial charge is 0.324 e. The van der Waals surface area contributed by atoms with Crippen molar-refractivity contribution in [2.75, 3.05) is 23.5 Å². The van der Waals surface area contributed by atoms with Gasteiger partial charge < -0.3 is 10.2 Å². The van der Waals surface area contributed by atoms with Crippen LogP contribution in [0.4, 0.5) is 5.69 Å². The smallest absolute Gasteiger partial charge is 0.255 e. The second kappa shape index (κ2) is 10.5. The SMILES string of the molecule is CCN(Cc1ccc(C(=O)N2CSCC2C(=O)Nc2ccc(C#N)cc2)cc1)C(C)C. The maximum Gasteiger partial charge on any atom is 0.255 e. The Hall–Kier alpha value is -2.82. The van der Waals surface area contributed by atoms with Crippen molar-refractivity contribution in [3.63, 3.8) is 0 Å². The highest BCUT2D eigenvalue weighted by molar-refractivity contribution is 7.99. The molecule has 2 aromatic rings. The molecule has 1 aliphatic rings. The first kappa shape index (κ1) is 22.9. The maximum atomic E-state index is 13.1. The summed E-state index contributed by atoms with van der Waals surface area (Å²) >= 11 is 1.57. The van der Waals surface area contributed by atoms with E-state index in [0.29, 0.717) is 34.5 Å². The highest BCUT2D eigenvalue weighted by Crippen LogP contribution is 2.25. The van der Waals surface area contributed by atoms with Gasteiger partial charge in [0, 0.05) is 29.6 Å². The van der Waals surface area contributed by atoms with Gasteiger partial charge in [-0.3, -0.25) is 14.5 Å². The number of carbonyl (C=O) groups is 2. The van der Waals surface area contributed by atoms with Gasteiger partial charge in [0.1, 0.15) is 6.04 Å². The Balaban J connectivity index is 1.66. The van der Waals surface area contributed by atoms with Gasteiger partial charge >= 0.3 is 0 Å². The van der Waals surface area contributed by atoms with Gasteiger partial charge in [0.2, 0.25) is 5.91 Å². The van der Waals surface area contributed by atoms with Gasteiger partial charge in [-0.1, -0.05) is 19.1 Å². The molecule has 0 radical (unpaired) electrons. The van der Waals surface area contributed by atoms with E-state index in [0.717, 1.165) is 18.7 Å². The van der Waals surface area contributed by atoms with Crippen molar-refractivity contribution < 1.29 is 9.59 Å². The molecule has 0 aliphatic carbocycles. The van der Waals surface area contributed by atoms with Crippen molar-refractivity contribution in [3.05, 3.63) is 65.2 Å². The van der Waals surface area contributed by atoms with Crippen molar-refractivity contribution in [1.29, 1.82) is 5.26 Å². The van der Waals surface area contributed by atoms with Crippen LogP contribution in [0.1, 0.15) is 42.3 Å². The van der Waals surface area contributed by atoms with E-state index >= 15 is 0 Å². The normalized spacial score (nSPS) is 15.9. The van der Waals surface area contributed by atoms with Crippen molar-refractivity contribution >= 4 is 29.3 Å². The first-order valence-corrected chi connectivity index (χ1v) is 11.6. The summed E-state index contributed by atoms with van der Waals surface area (Å²) in [7, 11) is 0. The highest BCUT2D eigenvalue weighted by Gasteiger charge is 2.35. The first-order valence-electron chi connectivity index (χ1n) is 10.5. The van der Waals surface area contributed by atoms with E-state index < -0.39 is 6.04 Å². The van der Waals surface area contributed by atoms with E-state index in [1.807, 2.05) is 24.3 Å². The van der Waals surface area contributed by atoms with Crippen LogP contribution in [0, 0.1) is 11.3 Å². The topological polar surface area (TPSA) is 76.4 Å². The Bertz CT molecular complexity index is 951. The summed E-state index contributed by atoms with van der Waals surface area (Å²) in [6.45, 7) is 8.31. The number of nitrogens with one attached hydrogen (secondary N) is 1. The maximum absolute atomic E-state index is 13.1. The molecule has 0 spiro atoms. The lowest BCUT2D eigenvalue weighted by atomic mass is 10.1. The molecule has 2 amide bonds. The van der Waals surface area contributed by atoms with Crippen LogP contribution in [0.15, 0.2) is 48.5 Å². The van der Waals surface area contributed by atoms with Gasteiger partial charge in [0.25, 0.3) is 5.91 Å². The fourth-order valence-corrected chi connectivity index (χ4v) is 4.68. The number of thioether (sulfide) groups is 1. The molecule has 0 saturated carbocycles. The van der Waals surface area contributed by atoms with E-state index in [1.165, 1.54) is 0 Å². The number of amides is 2. The Labute approximate surface area is 188 Å². The Morgan fingerprint density at radius 2 is 1.87 bits per heavy atom. The summed E-state index contributed by atoms with van der Waals surface area (Å²) in [4.78, 5) is 29.9. The zero-order valence-corrected chi connectivity index (χ0v) is 19.0. The molecule has 3 rings (SSSR count). The summed E-state index contributed by atoms with van der Waals surface area (Å²) < 4.78 is 0. The van der Waals surface area contributed by atoms with Crippen LogP contribution in [-0.4, -0.2) is 51.9 Å². The lowest BCUT2D eigenvalue weighted by Crippen LogP contribution is -2.44. The monoisotopic (exact) mass is 436 g/mol. The third kappa shape index (κ3) is 5.66. The van der Waals surface area contributed by atoms with Crippen molar-refractivity contribution in [2.45, 2.75) is 39.4 Å². The van der Waals surface area contributed by atoms with Crippen molar-refractivity contribution in [1.82, 2.24) is 9.80 Å². The number of nitriles is 1. The molecular weight excluding hydrogens is 408 g/mol. The molecule has 1 saturated heterocycles. The minimum absolute atomic E-state index is 0.132. The minimum Gasteiger partial charge on any atom is -0.324 e. The molecule has 1 heterocycles. The molecule has 1 atom stereocenters. The second-order valence-electron chi connectivity index (χ2n) is 7.82. The summed E-state index contributed by atoms with van der Waals surface area (Å²) in [5.74, 6) is 0.706. The number of hydrogen-bond acceptors (Lipinski definition) is 5. The standard InChI is InChI=1S/C24H28N4O2S/c1-4-27(17(2)3)14-19-5-9-20(10-6-19)24(30)28-16-31-15-22(28)23(29)26-21-11-7-18(13-25)8-12-21/h5-12,17,22H,4,14-16H2,1-3H3,(H,26,29). The molecule has 1 N–H and O–H groups in total. The van der Waals surface area contributed by atoms with Crippen LogP contribution in [0.2, 0.25) is 0 Å². The first-order chi connectivity index (χ1) is 14.9. The third-order valence-corrected chi connectivity index (χ3v) is 6.46. The van der Waals surface area contributed by atoms with Crippen LogP contribution in [0.25, 0.3) is 0 Å². The average molecular weight is 437 g/mol. The lowest BCUT2D eigenvalue weighted by Gasteiger charge is -2.25. The summed E-state index contributed by atoms with van der Waals surface area (Å²) in [5, 5.41) is 11.8. The van der Waals surface area contributed by atoms with E-state index in [1.54, 1.807) is 40.9 Å². The number of anilines is 1. The highest BCUT2D eigenvalue weighted by atomic mass is 32.2. The Morgan fingerprint density at radius 1 is 1.19 bits per heavy atom. The van der Waals surface area contributed by atoms with Crippen LogP contribution >= 0.6 is 11.8 Å². The number of hydrogen-bond donors (Lipinski definition) is 1. The van der Waals surface area contributed by atoms with E-state index in [2.05, 4.69) is 37.1 Å². The van der Waals surface area contributed by atoms with Crippen LogP contribution < -0.4 is 5.32 Å². The summed E-state index contributed by atoms with van der Waals surface area (Å²) in [5.41, 5.74) is 2.90. The van der Waals surface area contributed by atoms with Crippen LogP contribution in [-0.2, 0) is 11.3 Å². The molecule has 7 heteroatoms. The number of nitrogens with zero attached hydrogens (tertiary/aromatic N) is 3. The number of carbonyl (C=O) groups excluding carboxylic acids is 2.